The predicted molar refractivity (Wildman–Crippen MR) is 133 cm³/mol. The van der Waals surface area contributed by atoms with Crippen molar-refractivity contribution in [2.24, 2.45) is 0 Å². The molecule has 1 saturated carbocycles. The Hall–Kier alpha value is -4.19. The summed E-state index contributed by atoms with van der Waals surface area (Å²) in [6.07, 6.45) is 3.76. The van der Waals surface area contributed by atoms with E-state index in [1.54, 1.807) is 17.0 Å². The van der Waals surface area contributed by atoms with Crippen molar-refractivity contribution >= 4 is 17.8 Å². The molecule has 1 fully saturated rings. The van der Waals surface area contributed by atoms with Crippen molar-refractivity contribution in [1.82, 2.24) is 14.5 Å². The summed E-state index contributed by atoms with van der Waals surface area (Å²) in [6.45, 7) is 2.01. The number of imidazole rings is 1. The Balaban J connectivity index is 1.42. The molecule has 6 nitrogen and oxygen atoms in total. The molecule has 0 unspecified atom stereocenters. The van der Waals surface area contributed by atoms with Crippen LogP contribution in [0.15, 0.2) is 91.1 Å². The van der Waals surface area contributed by atoms with Gasteiger partial charge in [-0.1, -0.05) is 60.7 Å². The Kier molecular flexibility index (Phi) is 5.95. The number of nitrogens with zero attached hydrogens (tertiary/aromatic N) is 3. The Morgan fingerprint density at radius 3 is 2.35 bits per heavy atom. The van der Waals surface area contributed by atoms with E-state index in [0.717, 1.165) is 35.3 Å². The van der Waals surface area contributed by atoms with E-state index in [0.29, 0.717) is 11.5 Å². The first-order valence-corrected chi connectivity index (χ1v) is 11.5. The molecule has 1 aliphatic carbocycles. The second-order valence-corrected chi connectivity index (χ2v) is 8.60. The molecule has 2 amide bonds. The monoisotopic (exact) mass is 450 g/mol. The standard InChI is InChI=1S/C28H26N4O2/c1-20-9-8-14-24(17-20)32-18-25(21-10-4-2-5-11-21)29-28(32)30-26(33)19-31(23-15-16-23)27(34)22-12-6-3-7-13-22/h2-14,17-18,23H,15-16,19H2,1H3,(H,29,30,33). The van der Waals surface area contributed by atoms with Crippen LogP contribution in [0.3, 0.4) is 0 Å². The zero-order valence-corrected chi connectivity index (χ0v) is 19.0. The average Bonchev–Trinajstić information content (AvgIpc) is 3.63. The van der Waals surface area contributed by atoms with Crippen molar-refractivity contribution < 1.29 is 9.59 Å². The summed E-state index contributed by atoms with van der Waals surface area (Å²) in [5.41, 5.74) is 4.33. The number of amides is 2. The van der Waals surface area contributed by atoms with Gasteiger partial charge in [-0.2, -0.15) is 0 Å². The molecule has 6 heteroatoms. The minimum Gasteiger partial charge on any atom is -0.326 e. The van der Waals surface area contributed by atoms with Crippen LogP contribution in [0.1, 0.15) is 28.8 Å². The molecule has 34 heavy (non-hydrogen) atoms. The number of aryl methyl sites for hydroxylation is 1. The van der Waals surface area contributed by atoms with Gasteiger partial charge in [0.05, 0.1) is 5.69 Å². The van der Waals surface area contributed by atoms with Crippen LogP contribution in [0.5, 0.6) is 0 Å². The number of carbonyl (C=O) groups excluding carboxylic acids is 2. The Labute approximate surface area is 198 Å². The van der Waals surface area contributed by atoms with Gasteiger partial charge in [-0.25, -0.2) is 4.98 Å². The first-order chi connectivity index (χ1) is 16.6. The number of aromatic nitrogens is 2. The Morgan fingerprint density at radius 1 is 0.971 bits per heavy atom. The molecule has 3 aromatic carbocycles. The van der Waals surface area contributed by atoms with E-state index in [-0.39, 0.29) is 24.4 Å². The van der Waals surface area contributed by atoms with Gasteiger partial charge in [0.15, 0.2) is 0 Å². The van der Waals surface area contributed by atoms with Crippen molar-refractivity contribution in [3.05, 3.63) is 102 Å². The molecule has 0 spiro atoms. The van der Waals surface area contributed by atoms with E-state index in [1.165, 1.54) is 0 Å². The summed E-state index contributed by atoms with van der Waals surface area (Å²) >= 11 is 0. The molecule has 5 rings (SSSR count). The number of carbonyl (C=O) groups is 2. The maximum atomic E-state index is 13.1. The summed E-state index contributed by atoms with van der Waals surface area (Å²) in [6, 6.07) is 27.1. The van der Waals surface area contributed by atoms with Gasteiger partial charge < -0.3 is 4.90 Å². The van der Waals surface area contributed by atoms with Crippen molar-refractivity contribution in [2.75, 3.05) is 11.9 Å². The van der Waals surface area contributed by atoms with E-state index >= 15 is 0 Å². The van der Waals surface area contributed by atoms with Crippen LogP contribution in [0.2, 0.25) is 0 Å². The van der Waals surface area contributed by atoms with Gasteiger partial charge in [-0.05, 0) is 49.6 Å². The summed E-state index contributed by atoms with van der Waals surface area (Å²) in [5, 5.41) is 2.96. The lowest BCUT2D eigenvalue weighted by Gasteiger charge is -2.22. The number of nitrogens with one attached hydrogen (secondary N) is 1. The average molecular weight is 451 g/mol. The second-order valence-electron chi connectivity index (χ2n) is 8.60. The molecular formula is C28H26N4O2. The van der Waals surface area contributed by atoms with Gasteiger partial charge in [0.2, 0.25) is 11.9 Å². The number of hydrogen-bond acceptors (Lipinski definition) is 3. The minimum absolute atomic E-state index is 0.0141. The van der Waals surface area contributed by atoms with Crippen LogP contribution in [-0.4, -0.2) is 38.9 Å². The molecule has 0 saturated heterocycles. The molecule has 1 heterocycles. The molecule has 1 N–H and O–H groups in total. The summed E-state index contributed by atoms with van der Waals surface area (Å²) < 4.78 is 1.88. The number of rotatable bonds is 7. The van der Waals surface area contributed by atoms with E-state index in [1.807, 2.05) is 90.5 Å². The number of benzene rings is 3. The van der Waals surface area contributed by atoms with Crippen molar-refractivity contribution in [2.45, 2.75) is 25.8 Å². The molecule has 0 aliphatic heterocycles. The van der Waals surface area contributed by atoms with E-state index in [2.05, 4.69) is 5.32 Å². The third-order valence-electron chi connectivity index (χ3n) is 5.89. The van der Waals surface area contributed by atoms with Gasteiger partial charge in [-0.15, -0.1) is 0 Å². The van der Waals surface area contributed by atoms with Crippen LogP contribution in [0.4, 0.5) is 5.95 Å². The van der Waals surface area contributed by atoms with E-state index in [9.17, 15) is 9.59 Å². The Bertz CT molecular complexity index is 1310. The molecule has 4 aromatic rings. The maximum absolute atomic E-state index is 13.1. The topological polar surface area (TPSA) is 67.2 Å². The summed E-state index contributed by atoms with van der Waals surface area (Å²) in [4.78, 5) is 32.6. The molecule has 1 aliphatic rings. The van der Waals surface area contributed by atoms with Gasteiger partial charge in [0, 0.05) is 29.1 Å². The fourth-order valence-electron chi connectivity index (χ4n) is 4.01. The van der Waals surface area contributed by atoms with E-state index < -0.39 is 0 Å². The van der Waals surface area contributed by atoms with Crippen molar-refractivity contribution in [3.63, 3.8) is 0 Å². The fourth-order valence-corrected chi connectivity index (χ4v) is 4.01. The fraction of sp³-hybridized carbons (Fsp3) is 0.179. The van der Waals surface area contributed by atoms with E-state index in [4.69, 9.17) is 4.98 Å². The minimum atomic E-state index is -0.268. The highest BCUT2D eigenvalue weighted by Crippen LogP contribution is 2.29. The molecule has 0 atom stereocenters. The smallest absolute Gasteiger partial charge is 0.254 e. The van der Waals surface area contributed by atoms with Crippen molar-refractivity contribution in [1.29, 1.82) is 0 Å². The van der Waals surface area contributed by atoms with Gasteiger partial charge >= 0.3 is 0 Å². The predicted octanol–water partition coefficient (Wildman–Crippen LogP) is 5.09. The van der Waals surface area contributed by atoms with Crippen LogP contribution < -0.4 is 5.32 Å². The molecule has 0 radical (unpaired) electrons. The normalized spacial score (nSPS) is 12.9. The third kappa shape index (κ3) is 4.76. The van der Waals surface area contributed by atoms with Crippen LogP contribution in [0, 0.1) is 6.92 Å². The van der Waals surface area contributed by atoms with Gasteiger partial charge in [0.1, 0.15) is 6.54 Å². The molecular weight excluding hydrogens is 424 g/mol. The molecule has 0 bridgehead atoms. The van der Waals surface area contributed by atoms with Gasteiger partial charge in [-0.3, -0.25) is 19.5 Å². The molecule has 170 valence electrons. The summed E-state index contributed by atoms with van der Waals surface area (Å²) in [5.74, 6) is 0.0397. The summed E-state index contributed by atoms with van der Waals surface area (Å²) in [7, 11) is 0. The lowest BCUT2D eigenvalue weighted by Crippen LogP contribution is -2.39. The highest BCUT2D eigenvalue weighted by molar-refractivity contribution is 5.99. The van der Waals surface area contributed by atoms with Crippen LogP contribution in [-0.2, 0) is 4.79 Å². The molecule has 1 aromatic heterocycles. The Morgan fingerprint density at radius 2 is 1.68 bits per heavy atom. The first-order valence-electron chi connectivity index (χ1n) is 11.5. The van der Waals surface area contributed by atoms with Gasteiger partial charge in [0.25, 0.3) is 5.91 Å². The van der Waals surface area contributed by atoms with Crippen LogP contribution >= 0.6 is 0 Å². The highest BCUT2D eigenvalue weighted by Gasteiger charge is 2.34. The lowest BCUT2D eigenvalue weighted by molar-refractivity contribution is -0.117. The van der Waals surface area contributed by atoms with Crippen molar-refractivity contribution in [3.8, 4) is 16.9 Å². The largest absolute Gasteiger partial charge is 0.326 e. The zero-order chi connectivity index (χ0) is 23.5. The lowest BCUT2D eigenvalue weighted by atomic mass is 10.2. The maximum Gasteiger partial charge on any atom is 0.254 e. The quantitative estimate of drug-likeness (QED) is 0.426. The number of hydrogen-bond donors (Lipinski definition) is 1. The first kappa shape index (κ1) is 21.6. The van der Waals surface area contributed by atoms with Crippen LogP contribution in [0.25, 0.3) is 16.9 Å². The second kappa shape index (κ2) is 9.35. The third-order valence-corrected chi connectivity index (χ3v) is 5.89. The highest BCUT2D eigenvalue weighted by atomic mass is 16.2. The SMILES string of the molecule is Cc1cccc(-n2cc(-c3ccccc3)nc2NC(=O)CN(C(=O)c2ccccc2)C2CC2)c1. The number of anilines is 1. The zero-order valence-electron chi connectivity index (χ0n) is 19.0.